The highest BCUT2D eigenvalue weighted by Crippen LogP contribution is 2.15. The summed E-state index contributed by atoms with van der Waals surface area (Å²) in [6.07, 6.45) is 3.08. The Morgan fingerprint density at radius 2 is 1.29 bits per heavy atom. The molecule has 0 bridgehead atoms. The third-order valence-electron chi connectivity index (χ3n) is 6.24. The summed E-state index contributed by atoms with van der Waals surface area (Å²) in [5, 5.41) is 37.3. The Labute approximate surface area is 224 Å². The van der Waals surface area contributed by atoms with Crippen molar-refractivity contribution >= 4 is 23.9 Å². The predicted molar refractivity (Wildman–Crippen MR) is 142 cm³/mol. The number of carboxylic acids is 4. The lowest BCUT2D eigenvalue weighted by Gasteiger charge is -2.35. The first kappa shape index (κ1) is 33.0. The molecule has 4 N–H and O–H groups in total. The average molecular weight is 538 g/mol. The van der Waals surface area contributed by atoms with Gasteiger partial charge >= 0.3 is 23.9 Å². The molecule has 0 radical (unpaired) electrons. The molecular formula is C27H43N3O8. The van der Waals surface area contributed by atoms with Gasteiger partial charge in [0.05, 0.1) is 19.6 Å². The maximum Gasteiger partial charge on any atom is 0.317 e. The number of aliphatic carboxylic acids is 4. The molecule has 0 aliphatic heterocycles. The molecule has 11 heteroatoms. The molecule has 1 aromatic rings. The van der Waals surface area contributed by atoms with E-state index in [0.29, 0.717) is 51.9 Å². The number of carbonyl (C=O) groups is 4. The Kier molecular flexibility index (Phi) is 15.9. The minimum absolute atomic E-state index is 0.0583. The molecule has 0 aromatic heterocycles. The molecule has 1 rings (SSSR count). The fourth-order valence-electron chi connectivity index (χ4n) is 4.42. The van der Waals surface area contributed by atoms with E-state index >= 15 is 0 Å². The lowest BCUT2D eigenvalue weighted by atomic mass is 10.0. The van der Waals surface area contributed by atoms with Crippen LogP contribution in [0.4, 0.5) is 0 Å². The molecule has 1 atom stereocenters. The zero-order chi connectivity index (χ0) is 28.5. The number of rotatable bonds is 22. The van der Waals surface area contributed by atoms with Gasteiger partial charge in [-0.05, 0) is 51.3 Å². The zero-order valence-corrected chi connectivity index (χ0v) is 22.5. The first-order chi connectivity index (χ1) is 18.0. The number of hydrogen-bond acceptors (Lipinski definition) is 7. The minimum Gasteiger partial charge on any atom is -0.481 e. The molecule has 1 aromatic carbocycles. The van der Waals surface area contributed by atoms with Gasteiger partial charge in [-0.1, -0.05) is 43.2 Å². The number of aryl methyl sites for hydroxylation is 1. The van der Waals surface area contributed by atoms with Crippen molar-refractivity contribution < 1.29 is 39.6 Å². The van der Waals surface area contributed by atoms with Crippen LogP contribution in [0.25, 0.3) is 0 Å². The monoisotopic (exact) mass is 537 g/mol. The quantitative estimate of drug-likeness (QED) is 0.160. The van der Waals surface area contributed by atoms with Crippen molar-refractivity contribution in [2.24, 2.45) is 0 Å². The minimum atomic E-state index is -1.02. The van der Waals surface area contributed by atoms with Crippen molar-refractivity contribution in [1.29, 1.82) is 0 Å². The van der Waals surface area contributed by atoms with Gasteiger partial charge in [0.25, 0.3) is 0 Å². The summed E-state index contributed by atoms with van der Waals surface area (Å²) in [6, 6.07) is 7.59. The molecule has 0 spiro atoms. The second kappa shape index (κ2) is 18.3. The van der Waals surface area contributed by atoms with Crippen molar-refractivity contribution in [3.8, 4) is 0 Å². The van der Waals surface area contributed by atoms with Crippen LogP contribution in [0.5, 0.6) is 0 Å². The highest BCUT2D eigenvalue weighted by molar-refractivity contribution is 5.70. The van der Waals surface area contributed by atoms with Gasteiger partial charge in [0.2, 0.25) is 0 Å². The zero-order valence-electron chi connectivity index (χ0n) is 22.5. The number of unbranched alkanes of at least 4 members (excludes halogenated alkanes) is 2. The van der Waals surface area contributed by atoms with E-state index in [1.54, 1.807) is 9.80 Å². The average Bonchev–Trinajstić information content (AvgIpc) is 2.81. The standard InChI is InChI=1S/C27H43N3O8/c1-3-12-28(18-25(33)34)14-15-29(19-26(35)36)17-23(16-22-10-8-21(2)9-11-22)30(20-27(37)38)13-6-4-5-7-24(31)32/h8-11,23H,3-7,12-20H2,1-2H3,(H,31,32)(H,33,34)(H,35,36)(H,37,38). The summed E-state index contributed by atoms with van der Waals surface area (Å²) in [6.45, 7) is 5.30. The third-order valence-corrected chi connectivity index (χ3v) is 6.24. The van der Waals surface area contributed by atoms with E-state index < -0.39 is 23.9 Å². The van der Waals surface area contributed by atoms with E-state index in [2.05, 4.69) is 0 Å². The number of carboxylic acid groups (broad SMARTS) is 4. The predicted octanol–water partition coefficient (Wildman–Crippen LogP) is 2.12. The SMILES string of the molecule is CCCN(CCN(CC(=O)O)CC(Cc1ccc(C)cc1)N(CCCCCC(=O)O)CC(=O)O)CC(=O)O. The van der Waals surface area contributed by atoms with Crippen LogP contribution in [0.2, 0.25) is 0 Å². The highest BCUT2D eigenvalue weighted by Gasteiger charge is 2.25. The van der Waals surface area contributed by atoms with Crippen LogP contribution in [0.1, 0.15) is 50.2 Å². The van der Waals surface area contributed by atoms with Crippen molar-refractivity contribution in [1.82, 2.24) is 14.7 Å². The van der Waals surface area contributed by atoms with E-state index in [1.165, 1.54) is 0 Å². The van der Waals surface area contributed by atoms with Crippen molar-refractivity contribution in [2.75, 3.05) is 52.4 Å². The van der Waals surface area contributed by atoms with Gasteiger partial charge in [-0.2, -0.15) is 0 Å². The lowest BCUT2D eigenvalue weighted by Crippen LogP contribution is -2.50. The maximum atomic E-state index is 11.8. The fourth-order valence-corrected chi connectivity index (χ4v) is 4.42. The summed E-state index contributed by atoms with van der Waals surface area (Å²) >= 11 is 0. The highest BCUT2D eigenvalue weighted by atomic mass is 16.4. The first-order valence-corrected chi connectivity index (χ1v) is 13.1. The molecule has 38 heavy (non-hydrogen) atoms. The smallest absolute Gasteiger partial charge is 0.317 e. The van der Waals surface area contributed by atoms with E-state index in [0.717, 1.165) is 17.5 Å². The molecule has 214 valence electrons. The van der Waals surface area contributed by atoms with E-state index in [4.69, 9.17) is 5.11 Å². The molecule has 0 fully saturated rings. The normalized spacial score (nSPS) is 12.2. The Hall–Kier alpha value is -3.02. The maximum absolute atomic E-state index is 11.8. The van der Waals surface area contributed by atoms with Gasteiger partial charge in [0.1, 0.15) is 0 Å². The molecule has 0 saturated carbocycles. The van der Waals surface area contributed by atoms with E-state index in [-0.39, 0.29) is 38.6 Å². The second-order valence-corrected chi connectivity index (χ2v) is 9.71. The molecule has 0 aliphatic carbocycles. The summed E-state index contributed by atoms with van der Waals surface area (Å²) in [4.78, 5) is 50.8. The summed E-state index contributed by atoms with van der Waals surface area (Å²) < 4.78 is 0. The van der Waals surface area contributed by atoms with Gasteiger partial charge in [-0.15, -0.1) is 0 Å². The van der Waals surface area contributed by atoms with Crippen LogP contribution in [0.15, 0.2) is 24.3 Å². The Balaban J connectivity index is 3.12. The van der Waals surface area contributed by atoms with E-state index in [1.807, 2.05) is 43.0 Å². The van der Waals surface area contributed by atoms with Crippen molar-refractivity contribution in [2.45, 2.75) is 58.4 Å². The summed E-state index contributed by atoms with van der Waals surface area (Å²) in [5.41, 5.74) is 2.09. The molecule has 0 heterocycles. The molecule has 0 aliphatic rings. The van der Waals surface area contributed by atoms with Crippen LogP contribution in [0.3, 0.4) is 0 Å². The van der Waals surface area contributed by atoms with Gasteiger partial charge in [-0.25, -0.2) is 0 Å². The summed E-state index contributed by atoms with van der Waals surface area (Å²) in [5.74, 6) is -3.83. The number of nitrogens with zero attached hydrogens (tertiary/aromatic N) is 3. The van der Waals surface area contributed by atoms with Crippen LogP contribution in [-0.4, -0.2) is 117 Å². The van der Waals surface area contributed by atoms with Crippen LogP contribution in [-0.2, 0) is 25.6 Å². The van der Waals surface area contributed by atoms with Gasteiger partial charge in [-0.3, -0.25) is 33.9 Å². The molecule has 1 unspecified atom stereocenters. The topological polar surface area (TPSA) is 159 Å². The molecular weight excluding hydrogens is 494 g/mol. The van der Waals surface area contributed by atoms with Crippen molar-refractivity contribution in [3.05, 3.63) is 35.4 Å². The molecule has 11 nitrogen and oxygen atoms in total. The van der Waals surface area contributed by atoms with Gasteiger partial charge in [0, 0.05) is 32.1 Å². The fraction of sp³-hybridized carbons (Fsp3) is 0.630. The molecule has 0 amide bonds. The van der Waals surface area contributed by atoms with Gasteiger partial charge in [0.15, 0.2) is 0 Å². The van der Waals surface area contributed by atoms with E-state index in [9.17, 15) is 34.5 Å². The summed E-state index contributed by atoms with van der Waals surface area (Å²) in [7, 11) is 0. The third kappa shape index (κ3) is 15.3. The van der Waals surface area contributed by atoms with Crippen LogP contribution < -0.4 is 0 Å². The van der Waals surface area contributed by atoms with Crippen LogP contribution >= 0.6 is 0 Å². The Bertz CT molecular complexity index is 878. The number of hydrogen-bond donors (Lipinski definition) is 4. The van der Waals surface area contributed by atoms with Gasteiger partial charge < -0.3 is 20.4 Å². The Morgan fingerprint density at radius 3 is 1.84 bits per heavy atom. The second-order valence-electron chi connectivity index (χ2n) is 9.71. The largest absolute Gasteiger partial charge is 0.481 e. The first-order valence-electron chi connectivity index (χ1n) is 13.1. The Morgan fingerprint density at radius 1 is 0.711 bits per heavy atom. The number of benzene rings is 1. The van der Waals surface area contributed by atoms with Crippen molar-refractivity contribution in [3.63, 3.8) is 0 Å². The van der Waals surface area contributed by atoms with Crippen LogP contribution in [0, 0.1) is 6.92 Å². The molecule has 0 saturated heterocycles. The lowest BCUT2D eigenvalue weighted by molar-refractivity contribution is -0.141.